The molecule has 0 spiro atoms. The van der Waals surface area contributed by atoms with Crippen LogP contribution in [0, 0.1) is 0 Å². The number of rotatable bonds is 3. The predicted octanol–water partition coefficient (Wildman–Crippen LogP) is 4.16. The van der Waals surface area contributed by atoms with Crippen LogP contribution in [0.25, 0.3) is 10.8 Å². The summed E-state index contributed by atoms with van der Waals surface area (Å²) in [6, 6.07) is 21.5. The number of carbonyl (C=O) groups is 1. The Morgan fingerprint density at radius 2 is 1.64 bits per heavy atom. The van der Waals surface area contributed by atoms with Gasteiger partial charge in [-0.2, -0.15) is 0 Å². The second-order valence-corrected chi connectivity index (χ2v) is 5.43. The van der Waals surface area contributed by atoms with Crippen molar-refractivity contribution in [1.29, 1.82) is 0 Å². The molecule has 0 saturated carbocycles. The van der Waals surface area contributed by atoms with Gasteiger partial charge < -0.3 is 10.2 Å². The largest absolute Gasteiger partial charge is 0.378 e. The molecule has 0 unspecified atom stereocenters. The van der Waals surface area contributed by atoms with Crippen LogP contribution >= 0.6 is 0 Å². The number of carbonyl (C=O) groups excluding carboxylic acids is 1. The van der Waals surface area contributed by atoms with E-state index < -0.39 is 0 Å². The standard InChI is InChI=1S/C19H18N2O/c1-21(2)16-10-5-9-15(13-16)19(22)20-18-12-6-8-14-7-3-4-11-17(14)18/h3-13H,1-2H3,(H,20,22). The molecule has 1 amide bonds. The van der Waals surface area contributed by atoms with E-state index in [1.54, 1.807) is 0 Å². The first-order valence-electron chi connectivity index (χ1n) is 7.21. The summed E-state index contributed by atoms with van der Waals surface area (Å²) in [6.07, 6.45) is 0. The molecule has 3 aromatic rings. The lowest BCUT2D eigenvalue weighted by molar-refractivity contribution is 0.102. The molecule has 0 radical (unpaired) electrons. The molecule has 0 atom stereocenters. The molecule has 0 aliphatic rings. The van der Waals surface area contributed by atoms with Crippen LogP contribution in [0.2, 0.25) is 0 Å². The van der Waals surface area contributed by atoms with Gasteiger partial charge in [-0.15, -0.1) is 0 Å². The summed E-state index contributed by atoms with van der Waals surface area (Å²) in [5, 5.41) is 5.17. The van der Waals surface area contributed by atoms with Crippen LogP contribution in [-0.4, -0.2) is 20.0 Å². The number of hydrogen-bond acceptors (Lipinski definition) is 2. The minimum Gasteiger partial charge on any atom is -0.378 e. The second-order valence-electron chi connectivity index (χ2n) is 5.43. The van der Waals surface area contributed by atoms with E-state index >= 15 is 0 Å². The average molecular weight is 290 g/mol. The van der Waals surface area contributed by atoms with Crippen LogP contribution in [0.4, 0.5) is 11.4 Å². The van der Waals surface area contributed by atoms with E-state index in [1.807, 2.05) is 85.7 Å². The van der Waals surface area contributed by atoms with Crippen molar-refractivity contribution in [3.63, 3.8) is 0 Å². The van der Waals surface area contributed by atoms with Crippen molar-refractivity contribution in [2.24, 2.45) is 0 Å². The summed E-state index contributed by atoms with van der Waals surface area (Å²) in [4.78, 5) is 14.5. The number of fused-ring (bicyclic) bond motifs is 1. The topological polar surface area (TPSA) is 32.3 Å². The Balaban J connectivity index is 1.92. The normalized spacial score (nSPS) is 10.5. The van der Waals surface area contributed by atoms with E-state index in [0.29, 0.717) is 5.56 Å². The van der Waals surface area contributed by atoms with Crippen molar-refractivity contribution in [3.05, 3.63) is 72.3 Å². The van der Waals surface area contributed by atoms with Crippen LogP contribution in [0.15, 0.2) is 66.7 Å². The summed E-state index contributed by atoms with van der Waals surface area (Å²) in [7, 11) is 3.92. The van der Waals surface area contributed by atoms with Gasteiger partial charge in [0.2, 0.25) is 0 Å². The van der Waals surface area contributed by atoms with Crippen molar-refractivity contribution in [1.82, 2.24) is 0 Å². The molecular formula is C19H18N2O. The molecule has 0 bridgehead atoms. The van der Waals surface area contributed by atoms with Crippen molar-refractivity contribution < 1.29 is 4.79 Å². The number of benzene rings is 3. The molecule has 110 valence electrons. The van der Waals surface area contributed by atoms with Gasteiger partial charge in [0, 0.05) is 36.4 Å². The highest BCUT2D eigenvalue weighted by molar-refractivity contribution is 6.09. The first kappa shape index (κ1) is 14.1. The third kappa shape index (κ3) is 2.79. The Labute approximate surface area is 130 Å². The molecule has 3 heteroatoms. The monoisotopic (exact) mass is 290 g/mol. The minimum absolute atomic E-state index is 0.0972. The molecule has 22 heavy (non-hydrogen) atoms. The lowest BCUT2D eigenvalue weighted by atomic mass is 10.1. The summed E-state index contributed by atoms with van der Waals surface area (Å²) in [6.45, 7) is 0. The smallest absolute Gasteiger partial charge is 0.255 e. The molecule has 3 rings (SSSR count). The lowest BCUT2D eigenvalue weighted by Gasteiger charge is -2.14. The summed E-state index contributed by atoms with van der Waals surface area (Å²) in [5.74, 6) is -0.0972. The Morgan fingerprint density at radius 1 is 0.909 bits per heavy atom. The molecule has 3 aromatic carbocycles. The van der Waals surface area contributed by atoms with Gasteiger partial charge in [-0.3, -0.25) is 4.79 Å². The predicted molar refractivity (Wildman–Crippen MR) is 92.7 cm³/mol. The van der Waals surface area contributed by atoms with Gasteiger partial charge in [0.25, 0.3) is 5.91 Å². The van der Waals surface area contributed by atoms with Gasteiger partial charge in [0.1, 0.15) is 0 Å². The zero-order valence-electron chi connectivity index (χ0n) is 12.7. The molecule has 3 nitrogen and oxygen atoms in total. The molecule has 0 saturated heterocycles. The molecular weight excluding hydrogens is 272 g/mol. The van der Waals surface area contributed by atoms with Crippen molar-refractivity contribution >= 4 is 28.1 Å². The van der Waals surface area contributed by atoms with Gasteiger partial charge in [0.15, 0.2) is 0 Å². The Hall–Kier alpha value is -2.81. The molecule has 0 heterocycles. The summed E-state index contributed by atoms with van der Waals surface area (Å²) in [5.41, 5.74) is 2.49. The number of nitrogens with zero attached hydrogens (tertiary/aromatic N) is 1. The third-order valence-corrected chi connectivity index (χ3v) is 3.66. The van der Waals surface area contributed by atoms with Crippen LogP contribution in [0.1, 0.15) is 10.4 Å². The average Bonchev–Trinajstić information content (AvgIpc) is 2.55. The maximum Gasteiger partial charge on any atom is 0.255 e. The second kappa shape index (κ2) is 5.90. The SMILES string of the molecule is CN(C)c1cccc(C(=O)Nc2cccc3ccccc23)c1. The van der Waals surface area contributed by atoms with Crippen molar-refractivity contribution in [3.8, 4) is 0 Å². The lowest BCUT2D eigenvalue weighted by Crippen LogP contribution is -2.14. The Bertz CT molecular complexity index is 819. The molecule has 0 fully saturated rings. The Kier molecular flexibility index (Phi) is 3.79. The van der Waals surface area contributed by atoms with Crippen LogP contribution in [0.5, 0.6) is 0 Å². The quantitative estimate of drug-likeness (QED) is 0.785. The zero-order valence-corrected chi connectivity index (χ0v) is 12.7. The van der Waals surface area contributed by atoms with Crippen LogP contribution in [-0.2, 0) is 0 Å². The Morgan fingerprint density at radius 3 is 2.45 bits per heavy atom. The van der Waals surface area contributed by atoms with Crippen molar-refractivity contribution in [2.45, 2.75) is 0 Å². The summed E-state index contributed by atoms with van der Waals surface area (Å²) >= 11 is 0. The zero-order chi connectivity index (χ0) is 15.5. The summed E-state index contributed by atoms with van der Waals surface area (Å²) < 4.78 is 0. The first-order chi connectivity index (χ1) is 10.6. The van der Waals surface area contributed by atoms with Crippen LogP contribution < -0.4 is 10.2 Å². The van der Waals surface area contributed by atoms with Crippen LogP contribution in [0.3, 0.4) is 0 Å². The van der Waals surface area contributed by atoms with E-state index in [9.17, 15) is 4.79 Å². The molecule has 0 aliphatic carbocycles. The van der Waals surface area contributed by atoms with Gasteiger partial charge in [-0.05, 0) is 29.7 Å². The number of anilines is 2. The number of amides is 1. The van der Waals surface area contributed by atoms with Gasteiger partial charge in [-0.25, -0.2) is 0 Å². The maximum atomic E-state index is 12.5. The number of nitrogens with one attached hydrogen (secondary N) is 1. The molecule has 1 N–H and O–H groups in total. The van der Waals surface area contributed by atoms with Gasteiger partial charge in [-0.1, -0.05) is 42.5 Å². The van der Waals surface area contributed by atoms with E-state index in [1.165, 1.54) is 0 Å². The molecule has 0 aromatic heterocycles. The highest BCUT2D eigenvalue weighted by atomic mass is 16.1. The fourth-order valence-electron chi connectivity index (χ4n) is 2.45. The third-order valence-electron chi connectivity index (χ3n) is 3.66. The first-order valence-corrected chi connectivity index (χ1v) is 7.21. The van der Waals surface area contributed by atoms with E-state index in [-0.39, 0.29) is 5.91 Å². The minimum atomic E-state index is -0.0972. The van der Waals surface area contributed by atoms with Crippen molar-refractivity contribution in [2.75, 3.05) is 24.3 Å². The highest BCUT2D eigenvalue weighted by Gasteiger charge is 2.09. The highest BCUT2D eigenvalue weighted by Crippen LogP contribution is 2.24. The van der Waals surface area contributed by atoms with E-state index in [0.717, 1.165) is 22.1 Å². The fourth-order valence-corrected chi connectivity index (χ4v) is 2.45. The van der Waals surface area contributed by atoms with E-state index in [2.05, 4.69) is 5.32 Å². The van der Waals surface area contributed by atoms with E-state index in [4.69, 9.17) is 0 Å². The number of hydrogen-bond donors (Lipinski definition) is 1. The van der Waals surface area contributed by atoms with Gasteiger partial charge >= 0.3 is 0 Å². The fraction of sp³-hybridized carbons (Fsp3) is 0.105. The van der Waals surface area contributed by atoms with Gasteiger partial charge in [0.05, 0.1) is 0 Å². The maximum absolute atomic E-state index is 12.5. The molecule has 0 aliphatic heterocycles.